The lowest BCUT2D eigenvalue weighted by Gasteiger charge is -2.29. The Balaban J connectivity index is 1.03. The highest BCUT2D eigenvalue weighted by molar-refractivity contribution is 5.94. The zero-order valence-electron chi connectivity index (χ0n) is 34.8. The van der Waals surface area contributed by atoms with Crippen molar-refractivity contribution >= 4 is 38.6 Å². The Bertz CT molecular complexity index is 3370. The van der Waals surface area contributed by atoms with Gasteiger partial charge in [0, 0.05) is 16.9 Å². The van der Waals surface area contributed by atoms with Crippen molar-refractivity contribution in [1.29, 1.82) is 0 Å². The lowest BCUT2D eigenvalue weighted by atomic mass is 9.95. The van der Waals surface area contributed by atoms with E-state index < -0.39 is 0 Å². The fraction of sp³-hybridized carbons (Fsp3) is 0. The van der Waals surface area contributed by atoms with E-state index in [0.717, 1.165) is 28.2 Å². The minimum atomic E-state index is 1.08. The van der Waals surface area contributed by atoms with Crippen molar-refractivity contribution in [3.8, 4) is 66.8 Å². The molecule has 63 heavy (non-hydrogen) atoms. The van der Waals surface area contributed by atoms with E-state index in [-0.39, 0.29) is 0 Å². The van der Waals surface area contributed by atoms with E-state index in [1.807, 2.05) is 0 Å². The van der Waals surface area contributed by atoms with Crippen molar-refractivity contribution in [2.45, 2.75) is 0 Å². The lowest BCUT2D eigenvalue weighted by molar-refractivity contribution is 1.28. The quantitative estimate of drug-likeness (QED) is 0.141. The third-order valence-electron chi connectivity index (χ3n) is 12.2. The standard InChI is InChI=1S/C62H43N/c1-3-13-44(14-4-1)52-21-11-22-53(39-52)47-29-34-59(35-30-47)63(60-36-31-48(32-37-60)54-23-12-24-55(40-54)56-27-25-45-15-7-9-19-50(45)41-56)62-43-58(33-38-61(62)49-17-5-2-6-18-49)57-28-26-46-16-8-10-20-51(46)42-57/h1-43H. The smallest absolute Gasteiger partial charge is 0.0546 e. The summed E-state index contributed by atoms with van der Waals surface area (Å²) < 4.78 is 0. The van der Waals surface area contributed by atoms with E-state index in [1.54, 1.807) is 0 Å². The maximum Gasteiger partial charge on any atom is 0.0546 e. The molecule has 0 aliphatic rings. The predicted molar refractivity (Wildman–Crippen MR) is 269 cm³/mol. The summed E-state index contributed by atoms with van der Waals surface area (Å²) in [5, 5.41) is 4.97. The van der Waals surface area contributed by atoms with Gasteiger partial charge in [0.1, 0.15) is 0 Å². The molecule has 11 rings (SSSR count). The number of rotatable bonds is 9. The summed E-state index contributed by atoms with van der Waals surface area (Å²) in [4.78, 5) is 2.42. The number of fused-ring (bicyclic) bond motifs is 2. The first-order valence-corrected chi connectivity index (χ1v) is 21.6. The van der Waals surface area contributed by atoms with Crippen LogP contribution in [0.3, 0.4) is 0 Å². The van der Waals surface area contributed by atoms with Crippen LogP contribution in [0.4, 0.5) is 17.1 Å². The van der Waals surface area contributed by atoms with Crippen molar-refractivity contribution in [3.63, 3.8) is 0 Å². The zero-order chi connectivity index (χ0) is 42.0. The largest absolute Gasteiger partial charge is 0.310 e. The van der Waals surface area contributed by atoms with Gasteiger partial charge in [-0.2, -0.15) is 0 Å². The highest BCUT2D eigenvalue weighted by Gasteiger charge is 2.19. The predicted octanol–water partition coefficient (Wildman–Crippen LogP) is 17.5. The summed E-state index contributed by atoms with van der Waals surface area (Å²) in [5.41, 5.74) is 17.5. The van der Waals surface area contributed by atoms with Crippen molar-refractivity contribution in [3.05, 3.63) is 261 Å². The van der Waals surface area contributed by atoms with Crippen LogP contribution in [0.5, 0.6) is 0 Å². The zero-order valence-corrected chi connectivity index (χ0v) is 34.8. The minimum Gasteiger partial charge on any atom is -0.310 e. The van der Waals surface area contributed by atoms with Gasteiger partial charge in [-0.3, -0.25) is 0 Å². The van der Waals surface area contributed by atoms with E-state index in [4.69, 9.17) is 0 Å². The highest BCUT2D eigenvalue weighted by Crippen LogP contribution is 2.44. The van der Waals surface area contributed by atoms with Crippen LogP contribution in [0.25, 0.3) is 88.3 Å². The van der Waals surface area contributed by atoms with E-state index in [2.05, 4.69) is 266 Å². The molecule has 11 aromatic carbocycles. The van der Waals surface area contributed by atoms with Crippen LogP contribution in [0.2, 0.25) is 0 Å². The molecule has 0 saturated heterocycles. The topological polar surface area (TPSA) is 3.24 Å². The van der Waals surface area contributed by atoms with Gasteiger partial charge in [0.15, 0.2) is 0 Å². The summed E-state index contributed by atoms with van der Waals surface area (Å²) in [6.45, 7) is 0. The summed E-state index contributed by atoms with van der Waals surface area (Å²) >= 11 is 0. The second-order valence-electron chi connectivity index (χ2n) is 16.2. The minimum absolute atomic E-state index is 1.08. The Morgan fingerprint density at radius 1 is 0.190 bits per heavy atom. The average molecular weight is 802 g/mol. The molecule has 0 radical (unpaired) electrons. The third-order valence-corrected chi connectivity index (χ3v) is 12.2. The molecule has 11 aromatic rings. The van der Waals surface area contributed by atoms with E-state index >= 15 is 0 Å². The molecule has 0 aliphatic heterocycles. The number of anilines is 3. The molecular formula is C62H43N. The fourth-order valence-electron chi connectivity index (χ4n) is 8.92. The molecule has 0 unspecified atom stereocenters. The van der Waals surface area contributed by atoms with Gasteiger partial charge >= 0.3 is 0 Å². The second kappa shape index (κ2) is 16.7. The van der Waals surface area contributed by atoms with Gasteiger partial charge in [-0.05, 0) is 137 Å². The molecule has 0 fully saturated rings. The van der Waals surface area contributed by atoms with Crippen LogP contribution >= 0.6 is 0 Å². The van der Waals surface area contributed by atoms with Crippen LogP contribution in [-0.4, -0.2) is 0 Å². The number of hydrogen-bond donors (Lipinski definition) is 0. The average Bonchev–Trinajstić information content (AvgIpc) is 3.37. The third kappa shape index (κ3) is 7.69. The molecule has 296 valence electrons. The van der Waals surface area contributed by atoms with Gasteiger partial charge in [-0.1, -0.05) is 206 Å². The molecule has 0 N–H and O–H groups in total. The van der Waals surface area contributed by atoms with Crippen molar-refractivity contribution in [1.82, 2.24) is 0 Å². The molecule has 0 aliphatic carbocycles. The summed E-state index contributed by atoms with van der Waals surface area (Å²) in [6, 6.07) is 94.8. The molecule has 0 atom stereocenters. The summed E-state index contributed by atoms with van der Waals surface area (Å²) in [6.07, 6.45) is 0. The van der Waals surface area contributed by atoms with Crippen molar-refractivity contribution in [2.75, 3.05) is 4.90 Å². The van der Waals surface area contributed by atoms with E-state index in [0.29, 0.717) is 0 Å². The number of hydrogen-bond acceptors (Lipinski definition) is 1. The Labute approximate surface area is 369 Å². The molecular weight excluding hydrogens is 759 g/mol. The first kappa shape index (κ1) is 37.7. The van der Waals surface area contributed by atoms with Crippen LogP contribution < -0.4 is 4.90 Å². The highest BCUT2D eigenvalue weighted by atomic mass is 15.1. The maximum absolute atomic E-state index is 2.42. The number of nitrogens with zero attached hydrogens (tertiary/aromatic N) is 1. The fourth-order valence-corrected chi connectivity index (χ4v) is 8.92. The molecule has 1 nitrogen and oxygen atoms in total. The molecule has 0 amide bonds. The van der Waals surface area contributed by atoms with Crippen LogP contribution in [0, 0.1) is 0 Å². The van der Waals surface area contributed by atoms with Crippen molar-refractivity contribution in [2.24, 2.45) is 0 Å². The molecule has 0 heterocycles. The Kier molecular flexibility index (Phi) is 9.97. The molecule has 0 spiro atoms. The molecule has 1 heteroatoms. The van der Waals surface area contributed by atoms with Crippen LogP contribution in [0.15, 0.2) is 261 Å². The van der Waals surface area contributed by atoms with Gasteiger partial charge in [0.2, 0.25) is 0 Å². The molecule has 0 saturated carbocycles. The van der Waals surface area contributed by atoms with E-state index in [9.17, 15) is 0 Å². The normalized spacial score (nSPS) is 11.2. The van der Waals surface area contributed by atoms with Crippen LogP contribution in [-0.2, 0) is 0 Å². The maximum atomic E-state index is 2.42. The molecule has 0 aromatic heterocycles. The number of benzene rings is 11. The summed E-state index contributed by atoms with van der Waals surface area (Å²) in [7, 11) is 0. The van der Waals surface area contributed by atoms with Gasteiger partial charge < -0.3 is 4.90 Å². The van der Waals surface area contributed by atoms with Gasteiger partial charge in [0.05, 0.1) is 5.69 Å². The van der Waals surface area contributed by atoms with Gasteiger partial charge in [-0.15, -0.1) is 0 Å². The van der Waals surface area contributed by atoms with Crippen molar-refractivity contribution < 1.29 is 0 Å². The SMILES string of the molecule is c1ccc(-c2cccc(-c3ccc(N(c4ccc(-c5cccc(-c6ccc7ccccc7c6)c5)cc4)c4cc(-c5ccc6ccccc6c5)ccc4-c4ccccc4)cc3)c2)cc1. The Morgan fingerprint density at radius 3 is 1.02 bits per heavy atom. The lowest BCUT2D eigenvalue weighted by Crippen LogP contribution is -2.11. The molecule has 0 bridgehead atoms. The van der Waals surface area contributed by atoms with Crippen LogP contribution in [0.1, 0.15) is 0 Å². The first-order valence-electron chi connectivity index (χ1n) is 21.6. The second-order valence-corrected chi connectivity index (χ2v) is 16.2. The van der Waals surface area contributed by atoms with E-state index in [1.165, 1.54) is 77.2 Å². The monoisotopic (exact) mass is 801 g/mol. The Hall–Kier alpha value is -8.26. The Morgan fingerprint density at radius 2 is 0.524 bits per heavy atom. The first-order chi connectivity index (χ1) is 31.2. The van der Waals surface area contributed by atoms with Gasteiger partial charge in [0.25, 0.3) is 0 Å². The summed E-state index contributed by atoms with van der Waals surface area (Å²) in [5.74, 6) is 0. The van der Waals surface area contributed by atoms with Gasteiger partial charge in [-0.25, -0.2) is 0 Å².